The molecule has 0 N–H and O–H groups in total. The molecule has 0 nitrogen and oxygen atoms in total. The molecule has 0 spiro atoms. The third kappa shape index (κ3) is 18.6. The van der Waals surface area contributed by atoms with Crippen molar-refractivity contribution in [3.8, 4) is 0 Å². The number of hydrogen-bond donors (Lipinski definition) is 0. The Morgan fingerprint density at radius 2 is 1.50 bits per heavy atom. The second-order valence-electron chi connectivity index (χ2n) is 4.13. The van der Waals surface area contributed by atoms with E-state index in [0.717, 1.165) is 12.8 Å². The molecule has 0 unspecified atom stereocenters. The van der Waals surface area contributed by atoms with Crippen LogP contribution >= 0.6 is 12.4 Å². The van der Waals surface area contributed by atoms with Gasteiger partial charge in [-0.2, -0.15) is 12.2 Å². The van der Waals surface area contributed by atoms with E-state index < -0.39 is 0 Å². The SMILES string of the molecule is C[C](C)=[Hf]=[Si](C)C.Cl.[C-]1=CC=CC1.[C-]1=CC=CC1.[H-]. The van der Waals surface area contributed by atoms with Crippen LogP contribution in [-0.4, -0.2) is 8.75 Å². The van der Waals surface area contributed by atoms with E-state index in [1.165, 1.54) is 0 Å². The van der Waals surface area contributed by atoms with Crippen LogP contribution in [0, 0.1) is 12.2 Å². The second kappa shape index (κ2) is 15.3. The van der Waals surface area contributed by atoms with Gasteiger partial charge in [0.25, 0.3) is 0 Å². The maximum atomic E-state index is 2.99. The van der Waals surface area contributed by atoms with Crippen molar-refractivity contribution in [2.24, 2.45) is 0 Å². The molecule has 0 fully saturated rings. The maximum absolute atomic E-state index is 2.99. The molecule has 0 amide bonds. The first-order chi connectivity index (χ1) is 8.13. The van der Waals surface area contributed by atoms with E-state index >= 15 is 0 Å². The predicted molar refractivity (Wildman–Crippen MR) is 85.3 cm³/mol. The van der Waals surface area contributed by atoms with Gasteiger partial charge in [0.1, 0.15) is 0 Å². The Bertz CT molecular complexity index is 327. The summed E-state index contributed by atoms with van der Waals surface area (Å²) in [5.74, 6) is 0. The first-order valence-electron chi connectivity index (χ1n) is 5.93. The standard InChI is InChI=1S/2C5H5.C3H6.C2H6Si.ClH.Hf.H/c2*1-2-4-5-3-1;2*1-3-2;;;/h2*1-3H,4H2;2*1-2H3;1H;;/q2*-1;;;;;-1. The number of halogens is 1. The van der Waals surface area contributed by atoms with Crippen LogP contribution in [0.25, 0.3) is 0 Å². The molecular weight excluding hydrogens is 422 g/mol. The van der Waals surface area contributed by atoms with Crippen molar-refractivity contribution < 1.29 is 22.5 Å². The summed E-state index contributed by atoms with van der Waals surface area (Å²) in [5.41, 5.74) is 0.223. The Labute approximate surface area is 131 Å². The molecule has 0 aliphatic heterocycles. The topological polar surface area (TPSA) is 0 Å². The Morgan fingerprint density at radius 1 is 1.06 bits per heavy atom. The van der Waals surface area contributed by atoms with Crippen molar-refractivity contribution in [1.29, 1.82) is 0 Å². The zero-order valence-corrected chi connectivity index (χ0v) is 17.2. The monoisotopic (exact) mass is 447 g/mol. The fourth-order valence-electron chi connectivity index (χ4n) is 1.18. The van der Waals surface area contributed by atoms with E-state index in [4.69, 9.17) is 0 Å². The molecule has 0 heterocycles. The molecule has 2 rings (SSSR count). The van der Waals surface area contributed by atoms with Crippen LogP contribution in [0.2, 0.25) is 13.1 Å². The predicted octanol–water partition coefficient (Wildman–Crippen LogP) is 4.68. The average Bonchev–Trinajstić information content (AvgIpc) is 2.96. The molecule has 0 saturated heterocycles. The largest absolute Gasteiger partial charge is 1.00 e. The minimum atomic E-state index is -0.133. The van der Waals surface area contributed by atoms with E-state index in [1.54, 1.807) is 3.26 Å². The van der Waals surface area contributed by atoms with Gasteiger partial charge in [-0.3, -0.25) is 12.2 Å². The molecular formula is C15H24ClHfSi-3. The van der Waals surface area contributed by atoms with Crippen LogP contribution in [0.4, 0.5) is 0 Å². The van der Waals surface area contributed by atoms with Gasteiger partial charge in [-0.1, -0.05) is 0 Å². The molecule has 0 aromatic rings. The molecule has 0 saturated carbocycles. The van der Waals surface area contributed by atoms with Crippen molar-refractivity contribution in [2.75, 3.05) is 0 Å². The fraction of sp³-hybridized carbons (Fsp3) is 0.400. The van der Waals surface area contributed by atoms with E-state index in [9.17, 15) is 0 Å². The summed E-state index contributed by atoms with van der Waals surface area (Å²) < 4.78 is 1.78. The first-order valence-corrected chi connectivity index (χ1v) is 15.6. The third-order valence-electron chi connectivity index (χ3n) is 1.67. The van der Waals surface area contributed by atoms with Crippen molar-refractivity contribution in [3.05, 3.63) is 48.6 Å². The molecule has 0 radical (unpaired) electrons. The molecule has 102 valence electrons. The van der Waals surface area contributed by atoms with Crippen molar-refractivity contribution in [2.45, 2.75) is 39.8 Å². The summed E-state index contributed by atoms with van der Waals surface area (Å²) in [5, 5.41) is 0. The van der Waals surface area contributed by atoms with E-state index in [-0.39, 0.29) is 40.4 Å². The molecule has 0 aromatic carbocycles. The smallest absolute Gasteiger partial charge is 0.109 e. The summed E-state index contributed by atoms with van der Waals surface area (Å²) in [6.45, 7) is 9.45. The first kappa shape index (κ1) is 20.5. The van der Waals surface area contributed by atoms with Crippen LogP contribution in [0.3, 0.4) is 0 Å². The summed E-state index contributed by atoms with van der Waals surface area (Å²) in [6, 6.07) is 0. The minimum Gasteiger partial charge on any atom is -1.00 e. The summed E-state index contributed by atoms with van der Waals surface area (Å²) in [6.07, 6.45) is 20.0. The van der Waals surface area contributed by atoms with Gasteiger partial charge in [-0.05, 0) is 0 Å². The van der Waals surface area contributed by atoms with Gasteiger partial charge in [0, 0.05) is 0 Å². The number of rotatable bonds is 0. The molecule has 2 aliphatic rings. The Kier molecular flexibility index (Phi) is 17.4. The zero-order valence-electron chi connectivity index (χ0n) is 12.8. The summed E-state index contributed by atoms with van der Waals surface area (Å²) in [7, 11) is 0. The summed E-state index contributed by atoms with van der Waals surface area (Å²) >= 11 is -0.133. The normalized spacial score (nSPS) is 12.7. The van der Waals surface area contributed by atoms with Gasteiger partial charge >= 0.3 is 56.7 Å². The Morgan fingerprint density at radius 3 is 1.56 bits per heavy atom. The Hall–Kier alpha value is 0.207. The molecule has 0 bridgehead atoms. The van der Waals surface area contributed by atoms with Crippen molar-refractivity contribution >= 4 is 21.2 Å². The second-order valence-corrected chi connectivity index (χ2v) is 23.4. The zero-order chi connectivity index (χ0) is 12.9. The maximum Gasteiger partial charge on any atom is -0.109 e. The van der Waals surface area contributed by atoms with Crippen molar-refractivity contribution in [1.82, 2.24) is 0 Å². The average molecular weight is 446 g/mol. The fourth-order valence-corrected chi connectivity index (χ4v) is 13.0. The van der Waals surface area contributed by atoms with Gasteiger partial charge in [0.15, 0.2) is 0 Å². The minimum absolute atomic E-state index is 0. The molecule has 0 atom stereocenters. The van der Waals surface area contributed by atoms with E-state index in [0.29, 0.717) is 0 Å². The van der Waals surface area contributed by atoms with E-state index in [1.807, 2.05) is 24.3 Å². The van der Waals surface area contributed by atoms with Gasteiger partial charge in [0.05, 0.1) is 0 Å². The van der Waals surface area contributed by atoms with E-state index in [2.05, 4.69) is 51.2 Å². The third-order valence-corrected chi connectivity index (χ3v) is 13.4. The van der Waals surface area contributed by atoms with Gasteiger partial charge in [0.2, 0.25) is 0 Å². The summed E-state index contributed by atoms with van der Waals surface area (Å²) in [4.78, 5) is 0. The van der Waals surface area contributed by atoms with Crippen molar-refractivity contribution in [3.63, 3.8) is 0 Å². The molecule has 18 heavy (non-hydrogen) atoms. The molecule has 0 aromatic heterocycles. The van der Waals surface area contributed by atoms with Gasteiger partial charge in [-0.15, -0.1) is 25.2 Å². The van der Waals surface area contributed by atoms with Crippen LogP contribution in [0.15, 0.2) is 36.5 Å². The molecule has 2 aliphatic carbocycles. The van der Waals surface area contributed by atoms with Gasteiger partial charge in [-0.25, -0.2) is 24.3 Å². The van der Waals surface area contributed by atoms with Gasteiger partial charge < -0.3 is 1.43 Å². The van der Waals surface area contributed by atoms with Crippen LogP contribution in [0.1, 0.15) is 28.1 Å². The quantitative estimate of drug-likeness (QED) is 0.375. The van der Waals surface area contributed by atoms with Crippen LogP contribution in [-0.2, 0) is 21.0 Å². The van der Waals surface area contributed by atoms with Crippen LogP contribution in [0.5, 0.6) is 0 Å². The molecule has 3 heteroatoms. The van der Waals surface area contributed by atoms with Crippen LogP contribution < -0.4 is 0 Å². The number of allylic oxidation sites excluding steroid dienone is 8. The Balaban J connectivity index is -0.000000194. The number of hydrogen-bond acceptors (Lipinski definition) is 0.